The molecule has 1 aromatic heterocycles. The lowest BCUT2D eigenvalue weighted by molar-refractivity contribution is -0.163. The van der Waals surface area contributed by atoms with Crippen molar-refractivity contribution in [1.29, 1.82) is 0 Å². The fraction of sp³-hybridized carbons (Fsp3) is 0.720. The summed E-state index contributed by atoms with van der Waals surface area (Å²) in [5.74, 6) is -0.0270. The van der Waals surface area contributed by atoms with E-state index >= 15 is 0 Å². The number of nitrogens with zero attached hydrogens (tertiary/aromatic N) is 3. The second-order valence-corrected chi connectivity index (χ2v) is 10.0. The number of hydrogen-bond acceptors (Lipinski definition) is 5. The van der Waals surface area contributed by atoms with Gasteiger partial charge in [0, 0.05) is 45.0 Å². The van der Waals surface area contributed by atoms with E-state index in [9.17, 15) is 14.7 Å². The van der Waals surface area contributed by atoms with Crippen LogP contribution in [0.1, 0.15) is 76.7 Å². The molecule has 192 valence electrons. The van der Waals surface area contributed by atoms with Gasteiger partial charge in [-0.15, -0.1) is 24.8 Å². The van der Waals surface area contributed by atoms with Crippen molar-refractivity contribution in [3.8, 4) is 0 Å². The zero-order valence-electron chi connectivity index (χ0n) is 20.2. The molecule has 4 rings (SSSR count). The van der Waals surface area contributed by atoms with Crippen molar-refractivity contribution >= 4 is 36.6 Å². The largest absolute Gasteiger partial charge is 0.390 e. The highest BCUT2D eigenvalue weighted by Gasteiger charge is 2.54. The number of carbonyl (C=O) groups excluding carboxylic acids is 2. The van der Waals surface area contributed by atoms with E-state index in [0.29, 0.717) is 25.8 Å². The molecule has 1 spiro atoms. The molecule has 2 amide bonds. The molecule has 1 aliphatic carbocycles. The minimum absolute atomic E-state index is 0. The Kier molecular flexibility index (Phi) is 10.6. The summed E-state index contributed by atoms with van der Waals surface area (Å²) in [5, 5.41) is 14.1. The second-order valence-electron chi connectivity index (χ2n) is 10.0. The lowest BCUT2D eigenvalue weighted by atomic mass is 9.77. The maximum absolute atomic E-state index is 13.6. The third kappa shape index (κ3) is 6.23. The first-order valence-electron chi connectivity index (χ1n) is 12.4. The van der Waals surface area contributed by atoms with Gasteiger partial charge in [0.05, 0.1) is 5.60 Å². The molecule has 2 saturated heterocycles. The van der Waals surface area contributed by atoms with Crippen LogP contribution in [0.25, 0.3) is 0 Å². The van der Waals surface area contributed by atoms with Crippen molar-refractivity contribution in [3.63, 3.8) is 0 Å². The van der Waals surface area contributed by atoms with Crippen LogP contribution in [0.2, 0.25) is 0 Å². The van der Waals surface area contributed by atoms with Gasteiger partial charge in [-0.3, -0.25) is 19.5 Å². The van der Waals surface area contributed by atoms with Gasteiger partial charge in [0.2, 0.25) is 11.8 Å². The summed E-state index contributed by atoms with van der Waals surface area (Å²) in [6, 6.07) is 3.44. The van der Waals surface area contributed by atoms with Crippen LogP contribution in [0.5, 0.6) is 0 Å². The zero-order chi connectivity index (χ0) is 22.6. The van der Waals surface area contributed by atoms with Crippen molar-refractivity contribution in [1.82, 2.24) is 20.1 Å². The van der Waals surface area contributed by atoms with E-state index < -0.39 is 17.2 Å². The van der Waals surface area contributed by atoms with Gasteiger partial charge in [-0.1, -0.05) is 32.6 Å². The van der Waals surface area contributed by atoms with Gasteiger partial charge < -0.3 is 15.3 Å². The highest BCUT2D eigenvalue weighted by Crippen LogP contribution is 2.37. The number of piperazine rings is 1. The quantitative estimate of drug-likeness (QED) is 0.581. The molecule has 7 nitrogen and oxygen atoms in total. The smallest absolute Gasteiger partial charge is 0.246 e. The van der Waals surface area contributed by atoms with Crippen LogP contribution in [0.15, 0.2) is 24.5 Å². The second kappa shape index (κ2) is 12.5. The first-order valence-corrected chi connectivity index (χ1v) is 12.4. The van der Waals surface area contributed by atoms with Gasteiger partial charge >= 0.3 is 0 Å². The van der Waals surface area contributed by atoms with Gasteiger partial charge in [-0.25, -0.2) is 0 Å². The number of rotatable bonds is 7. The monoisotopic (exact) mass is 514 g/mol. The molecule has 0 aromatic carbocycles. The summed E-state index contributed by atoms with van der Waals surface area (Å²) in [5.41, 5.74) is -0.378. The van der Waals surface area contributed by atoms with Crippen molar-refractivity contribution in [2.45, 2.75) is 94.9 Å². The number of aromatic nitrogens is 1. The molecule has 2 N–H and O–H groups in total. The maximum Gasteiger partial charge on any atom is 0.246 e. The number of hydrogen-bond donors (Lipinski definition) is 2. The van der Waals surface area contributed by atoms with Crippen LogP contribution in [0, 0.1) is 0 Å². The summed E-state index contributed by atoms with van der Waals surface area (Å²) in [6.45, 7) is 5.11. The number of piperidine rings is 1. The number of pyridine rings is 1. The average Bonchev–Trinajstić information content (AvgIpc) is 2.80. The Hall–Kier alpha value is -1.41. The molecule has 34 heavy (non-hydrogen) atoms. The Morgan fingerprint density at radius 1 is 1.06 bits per heavy atom. The Labute approximate surface area is 215 Å². The molecule has 1 saturated carbocycles. The summed E-state index contributed by atoms with van der Waals surface area (Å²) in [6.07, 6.45) is 11.7. The highest BCUT2D eigenvalue weighted by molar-refractivity contribution is 6.00. The van der Waals surface area contributed by atoms with Crippen LogP contribution >= 0.6 is 24.8 Å². The fourth-order valence-electron chi connectivity index (χ4n) is 5.77. The summed E-state index contributed by atoms with van der Waals surface area (Å²) in [4.78, 5) is 35.4. The van der Waals surface area contributed by atoms with E-state index in [1.807, 2.05) is 17.0 Å². The van der Waals surface area contributed by atoms with Crippen LogP contribution < -0.4 is 5.32 Å². The van der Waals surface area contributed by atoms with Gasteiger partial charge in [0.1, 0.15) is 11.6 Å². The van der Waals surface area contributed by atoms with Crippen LogP contribution in [-0.4, -0.2) is 68.5 Å². The molecule has 2 aliphatic heterocycles. The van der Waals surface area contributed by atoms with E-state index in [1.165, 1.54) is 5.56 Å². The normalized spacial score (nSPS) is 24.2. The van der Waals surface area contributed by atoms with E-state index in [1.54, 1.807) is 12.4 Å². The maximum atomic E-state index is 13.6. The minimum Gasteiger partial charge on any atom is -0.390 e. The number of carbonyl (C=O) groups is 2. The van der Waals surface area contributed by atoms with Crippen LogP contribution in [0.4, 0.5) is 0 Å². The predicted molar refractivity (Wildman–Crippen MR) is 137 cm³/mol. The topological polar surface area (TPSA) is 85.8 Å². The van der Waals surface area contributed by atoms with Gasteiger partial charge in [0.15, 0.2) is 0 Å². The summed E-state index contributed by atoms with van der Waals surface area (Å²) in [7, 11) is 0. The number of aliphatic hydroxyl groups is 1. The van der Waals surface area contributed by atoms with Crippen molar-refractivity contribution in [2.75, 3.05) is 19.6 Å². The van der Waals surface area contributed by atoms with Gasteiger partial charge in [-0.05, 0) is 49.8 Å². The molecule has 3 aliphatic rings. The molecule has 3 fully saturated rings. The first-order chi connectivity index (χ1) is 15.5. The number of nitrogens with one attached hydrogen (secondary N) is 1. The molecule has 0 unspecified atom stereocenters. The van der Waals surface area contributed by atoms with E-state index in [4.69, 9.17) is 0 Å². The van der Waals surface area contributed by atoms with E-state index in [0.717, 1.165) is 64.6 Å². The molecular formula is C25H40Cl2N4O3. The number of likely N-dealkylation sites (tertiary alicyclic amines) is 1. The third-order valence-corrected chi connectivity index (χ3v) is 7.75. The van der Waals surface area contributed by atoms with Gasteiger partial charge in [0.25, 0.3) is 0 Å². The van der Waals surface area contributed by atoms with Crippen LogP contribution in [0.3, 0.4) is 0 Å². The lowest BCUT2D eigenvalue weighted by Gasteiger charge is -2.52. The molecule has 0 radical (unpaired) electrons. The Balaban J connectivity index is 0.00000204. The SMILES string of the molecule is CCCCN1C(=O)[C@@H](CC2(O)CCCCC2)NC(=O)C12CCN(Cc1ccncc1)CC2.Cl.Cl. The van der Waals surface area contributed by atoms with Crippen molar-refractivity contribution in [3.05, 3.63) is 30.1 Å². The Morgan fingerprint density at radius 3 is 2.32 bits per heavy atom. The lowest BCUT2D eigenvalue weighted by Crippen LogP contribution is -2.73. The summed E-state index contributed by atoms with van der Waals surface area (Å²) < 4.78 is 0. The standard InChI is InChI=1S/C25H38N4O3.2ClH/c1-2-3-15-29-22(30)21(18-24(32)9-5-4-6-10-24)27-23(31)25(29)11-16-28(17-12-25)19-20-7-13-26-14-8-20;;/h7-8,13-14,21,32H,2-6,9-12,15-19H2,1H3,(H,27,31);2*1H/t21-;;/m1../s1. The molecule has 0 bridgehead atoms. The number of halogens is 2. The molecular weight excluding hydrogens is 475 g/mol. The molecule has 3 heterocycles. The molecule has 9 heteroatoms. The first kappa shape index (κ1) is 28.8. The number of unbranched alkanes of at least 4 members (excludes halogenated alkanes) is 1. The fourth-order valence-corrected chi connectivity index (χ4v) is 5.77. The van der Waals surface area contributed by atoms with Gasteiger partial charge in [-0.2, -0.15) is 0 Å². The van der Waals surface area contributed by atoms with E-state index in [-0.39, 0.29) is 36.6 Å². The average molecular weight is 516 g/mol. The highest BCUT2D eigenvalue weighted by atomic mass is 35.5. The number of amides is 2. The van der Waals surface area contributed by atoms with E-state index in [2.05, 4.69) is 22.1 Å². The Morgan fingerprint density at radius 2 is 1.71 bits per heavy atom. The zero-order valence-corrected chi connectivity index (χ0v) is 21.8. The van der Waals surface area contributed by atoms with Crippen LogP contribution in [-0.2, 0) is 16.1 Å². The van der Waals surface area contributed by atoms with Crippen molar-refractivity contribution < 1.29 is 14.7 Å². The third-order valence-electron chi connectivity index (χ3n) is 7.75. The van der Waals surface area contributed by atoms with Crippen molar-refractivity contribution in [2.24, 2.45) is 0 Å². The Bertz CT molecular complexity index is 797. The molecule has 1 atom stereocenters. The molecule has 1 aromatic rings. The predicted octanol–water partition coefficient (Wildman–Crippen LogP) is 3.47. The summed E-state index contributed by atoms with van der Waals surface area (Å²) >= 11 is 0. The minimum atomic E-state index is -0.833.